The molecule has 12 nitrogen and oxygen atoms in total. The van der Waals surface area contributed by atoms with Gasteiger partial charge in [0, 0.05) is 21.5 Å². The number of aromatic nitrogens is 8. The Hall–Kier alpha value is -8.12. The molecule has 0 saturated heterocycles. The molecule has 66 heavy (non-hydrogen) atoms. The van der Waals surface area contributed by atoms with Crippen LogP contribution >= 0.6 is 0 Å². The summed E-state index contributed by atoms with van der Waals surface area (Å²) in [7, 11) is 0. The summed E-state index contributed by atoms with van der Waals surface area (Å²) in [6.07, 6.45) is 0. The highest BCUT2D eigenvalue weighted by atomic mass is 16.1. The summed E-state index contributed by atoms with van der Waals surface area (Å²) in [5.41, 5.74) is 10.3. The molecule has 0 bridgehead atoms. The van der Waals surface area contributed by atoms with Crippen molar-refractivity contribution >= 4 is 110 Å². The average Bonchev–Trinajstić information content (AvgIpc) is 4.18. The van der Waals surface area contributed by atoms with Gasteiger partial charge < -0.3 is 0 Å². The number of benzene rings is 6. The zero-order valence-corrected chi connectivity index (χ0v) is 37.0. The van der Waals surface area contributed by atoms with Crippen LogP contribution in [0.2, 0.25) is 0 Å². The standard InChI is InChI=1S/C54H38N8O4/c1-24(2)26-9-13-38-42(17-26)60-45(56-38)29-20-30-36(23-35(29)51(60)65)52(66)61-43-18-27(10-14-39(43)57-46(30)61)53(4,5)54(6,7)28-11-15-40-44(19-28)62-48(58-40)32-22-33-31(21-34(32)50(62)64)47-55-37-12-8-25(3)16-41(37)59(47)49(33)63/h8-24H,1-7H3. The largest absolute Gasteiger partial charge is 0.268 e. The SMILES string of the molecule is Cc1ccc2nc3c4cc5c(=O)n6c7cc(C(C)(C)C(C)(C)c8ccc9nc%10c%11cc%12c(cc%11c(=O)n%10c9c8)c(=O)n8c9cc(C(C)C)ccc9nc%128)ccc7nc6c5cc4c(=O)n3c2c1. The maximum Gasteiger partial charge on any atom is 0.264 e. The van der Waals surface area contributed by atoms with Crippen LogP contribution in [-0.4, -0.2) is 37.5 Å². The number of imidazole rings is 4. The van der Waals surface area contributed by atoms with Gasteiger partial charge in [-0.3, -0.25) is 36.8 Å². The van der Waals surface area contributed by atoms with Crippen LogP contribution < -0.4 is 22.2 Å². The second kappa shape index (κ2) is 11.8. The first-order valence-electron chi connectivity index (χ1n) is 22.2. The Morgan fingerprint density at radius 3 is 1.11 bits per heavy atom. The Bertz CT molecular complexity index is 4790. The van der Waals surface area contributed by atoms with Crippen molar-refractivity contribution in [2.75, 3.05) is 0 Å². The van der Waals surface area contributed by atoms with E-state index in [9.17, 15) is 19.2 Å². The lowest BCUT2D eigenvalue weighted by Crippen LogP contribution is -2.40. The van der Waals surface area contributed by atoms with E-state index < -0.39 is 10.8 Å². The lowest BCUT2D eigenvalue weighted by molar-refractivity contribution is 0.303. The predicted octanol–water partition coefficient (Wildman–Crippen LogP) is 9.38. The van der Waals surface area contributed by atoms with Crippen molar-refractivity contribution in [1.29, 1.82) is 0 Å². The van der Waals surface area contributed by atoms with Gasteiger partial charge in [-0.05, 0) is 119 Å². The molecule has 12 heteroatoms. The zero-order chi connectivity index (χ0) is 45.2. The van der Waals surface area contributed by atoms with E-state index in [1.807, 2.05) is 55.5 Å². The molecule has 0 aliphatic carbocycles. The van der Waals surface area contributed by atoms with Crippen molar-refractivity contribution in [1.82, 2.24) is 37.5 Å². The maximum absolute atomic E-state index is 14.4. The van der Waals surface area contributed by atoms with Crippen LogP contribution in [0.1, 0.15) is 69.7 Å². The molecule has 0 unspecified atom stereocenters. The Morgan fingerprint density at radius 1 is 0.394 bits per heavy atom. The molecule has 14 aromatic rings. The van der Waals surface area contributed by atoms with Crippen molar-refractivity contribution in [3.63, 3.8) is 0 Å². The Morgan fingerprint density at radius 2 is 0.712 bits per heavy atom. The van der Waals surface area contributed by atoms with E-state index >= 15 is 0 Å². The summed E-state index contributed by atoms with van der Waals surface area (Å²) < 4.78 is 6.67. The topological polar surface area (TPSA) is 137 Å². The molecule has 0 atom stereocenters. The number of rotatable bonds is 4. The second-order valence-corrected chi connectivity index (χ2v) is 19.7. The summed E-state index contributed by atoms with van der Waals surface area (Å²) in [5, 5.41) is 4.54. The molecule has 0 N–H and O–H groups in total. The van der Waals surface area contributed by atoms with Crippen LogP contribution in [-0.2, 0) is 10.8 Å². The van der Waals surface area contributed by atoms with Crippen LogP contribution in [0, 0.1) is 6.92 Å². The lowest BCUT2D eigenvalue weighted by Gasteiger charge is -2.43. The first kappa shape index (κ1) is 37.3. The molecule has 8 aromatic heterocycles. The van der Waals surface area contributed by atoms with Gasteiger partial charge in [-0.25, -0.2) is 19.9 Å². The van der Waals surface area contributed by atoms with Crippen molar-refractivity contribution in [2.45, 2.75) is 65.2 Å². The van der Waals surface area contributed by atoms with Crippen molar-refractivity contribution in [2.24, 2.45) is 0 Å². The number of hydrogen-bond acceptors (Lipinski definition) is 8. The summed E-state index contributed by atoms with van der Waals surface area (Å²) in [6.45, 7) is 15.0. The molecule has 6 aromatic carbocycles. The highest BCUT2D eigenvalue weighted by Gasteiger charge is 2.40. The molecule has 8 heterocycles. The van der Waals surface area contributed by atoms with Gasteiger partial charge >= 0.3 is 0 Å². The minimum Gasteiger partial charge on any atom is -0.268 e. The molecule has 0 aliphatic heterocycles. The molecule has 0 radical (unpaired) electrons. The van der Waals surface area contributed by atoms with E-state index in [-0.39, 0.29) is 22.2 Å². The number of hydrogen-bond donors (Lipinski definition) is 0. The molecular weight excluding hydrogens is 825 g/mol. The Balaban J connectivity index is 0.889. The van der Waals surface area contributed by atoms with Crippen LogP contribution in [0.25, 0.3) is 110 Å². The molecule has 0 spiro atoms. The normalized spacial score (nSPS) is 13.5. The summed E-state index contributed by atoms with van der Waals surface area (Å²) >= 11 is 0. The van der Waals surface area contributed by atoms with Crippen LogP contribution in [0.5, 0.6) is 0 Å². The molecule has 318 valence electrons. The monoisotopic (exact) mass is 862 g/mol. The Labute approximate surface area is 372 Å². The Kier molecular flexibility index (Phi) is 6.64. The van der Waals surface area contributed by atoms with Crippen LogP contribution in [0.3, 0.4) is 0 Å². The minimum atomic E-state index is -0.512. The predicted molar refractivity (Wildman–Crippen MR) is 263 cm³/mol. The fourth-order valence-corrected chi connectivity index (χ4v) is 11.0. The van der Waals surface area contributed by atoms with E-state index in [0.717, 1.165) is 44.3 Å². The first-order chi connectivity index (χ1) is 31.6. The van der Waals surface area contributed by atoms with Gasteiger partial charge in [-0.15, -0.1) is 0 Å². The van der Waals surface area contributed by atoms with Crippen LogP contribution in [0.15, 0.2) is 116 Å². The van der Waals surface area contributed by atoms with Gasteiger partial charge in [-0.2, -0.15) is 0 Å². The fourth-order valence-electron chi connectivity index (χ4n) is 11.0. The maximum atomic E-state index is 14.4. The molecule has 0 fully saturated rings. The number of aryl methyl sites for hydroxylation is 1. The molecular formula is C54H38N8O4. The number of nitrogens with zero attached hydrogens (tertiary/aromatic N) is 8. The summed E-state index contributed by atoms with van der Waals surface area (Å²) in [6, 6.07) is 31.4. The third-order valence-electron chi connectivity index (χ3n) is 15.5. The van der Waals surface area contributed by atoms with Gasteiger partial charge in [0.15, 0.2) is 0 Å². The molecule has 0 amide bonds. The third kappa shape index (κ3) is 4.34. The van der Waals surface area contributed by atoms with Gasteiger partial charge in [0.25, 0.3) is 22.2 Å². The molecule has 14 rings (SSSR count). The summed E-state index contributed by atoms with van der Waals surface area (Å²) in [5.74, 6) is 0.293. The van der Waals surface area contributed by atoms with Crippen molar-refractivity contribution in [3.05, 3.63) is 161 Å². The summed E-state index contributed by atoms with van der Waals surface area (Å²) in [4.78, 5) is 76.3. The zero-order valence-electron chi connectivity index (χ0n) is 37.0. The molecule has 0 saturated carbocycles. The lowest BCUT2D eigenvalue weighted by atomic mass is 9.61. The third-order valence-corrected chi connectivity index (χ3v) is 15.5. The number of fused-ring (bicyclic) bond motifs is 20. The average molecular weight is 863 g/mol. The van der Waals surface area contributed by atoms with Gasteiger partial charge in [0.05, 0.1) is 65.7 Å². The minimum absolute atomic E-state index is 0.167. The van der Waals surface area contributed by atoms with E-state index in [1.165, 1.54) is 0 Å². The first-order valence-corrected chi connectivity index (χ1v) is 22.2. The van der Waals surface area contributed by atoms with E-state index in [4.69, 9.17) is 19.9 Å². The quantitative estimate of drug-likeness (QED) is 0.171. The van der Waals surface area contributed by atoms with E-state index in [2.05, 4.69) is 71.9 Å². The highest BCUT2D eigenvalue weighted by Crippen LogP contribution is 2.45. The van der Waals surface area contributed by atoms with E-state index in [0.29, 0.717) is 93.7 Å². The van der Waals surface area contributed by atoms with Crippen molar-refractivity contribution in [3.8, 4) is 0 Å². The second-order valence-electron chi connectivity index (χ2n) is 19.7. The van der Waals surface area contributed by atoms with Crippen molar-refractivity contribution < 1.29 is 0 Å². The smallest absolute Gasteiger partial charge is 0.264 e. The van der Waals surface area contributed by atoms with E-state index in [1.54, 1.807) is 35.8 Å². The highest BCUT2D eigenvalue weighted by molar-refractivity contribution is 6.13. The molecule has 0 aliphatic rings. The van der Waals surface area contributed by atoms with Crippen LogP contribution in [0.4, 0.5) is 0 Å². The van der Waals surface area contributed by atoms with Gasteiger partial charge in [0.2, 0.25) is 0 Å². The van der Waals surface area contributed by atoms with Gasteiger partial charge in [0.1, 0.15) is 22.6 Å². The fraction of sp³-hybridized carbons (Fsp3) is 0.185. The van der Waals surface area contributed by atoms with Gasteiger partial charge in [-0.1, -0.05) is 65.8 Å².